The molecule has 2 aliphatic heterocycles. The van der Waals surface area contributed by atoms with Gasteiger partial charge in [-0.05, 0) is 60.4 Å². The SMILES string of the molecule is CC1(CO)CNc2c(C#N)cc(-c3ccnc(Nc4ccc5c(c4)CCCO5)n3)cc21. The fourth-order valence-electron chi connectivity index (χ4n) is 4.21. The van der Waals surface area contributed by atoms with Crippen molar-refractivity contribution in [3.8, 4) is 23.1 Å². The minimum Gasteiger partial charge on any atom is -0.493 e. The predicted molar refractivity (Wildman–Crippen MR) is 119 cm³/mol. The number of fused-ring (bicyclic) bond motifs is 2. The van der Waals surface area contributed by atoms with Gasteiger partial charge in [0.2, 0.25) is 5.95 Å². The van der Waals surface area contributed by atoms with Crippen molar-refractivity contribution in [1.29, 1.82) is 5.26 Å². The molecule has 7 heteroatoms. The van der Waals surface area contributed by atoms with Crippen LogP contribution in [0.5, 0.6) is 5.75 Å². The largest absolute Gasteiger partial charge is 0.493 e. The van der Waals surface area contributed by atoms with Crippen LogP contribution in [0.3, 0.4) is 0 Å². The van der Waals surface area contributed by atoms with Gasteiger partial charge in [-0.25, -0.2) is 9.97 Å². The molecule has 0 fully saturated rings. The minimum atomic E-state index is -0.434. The van der Waals surface area contributed by atoms with Crippen LogP contribution in [0.25, 0.3) is 11.3 Å². The maximum absolute atomic E-state index is 9.92. The van der Waals surface area contributed by atoms with Gasteiger partial charge in [-0.1, -0.05) is 6.92 Å². The smallest absolute Gasteiger partial charge is 0.227 e. The molecule has 31 heavy (non-hydrogen) atoms. The third kappa shape index (κ3) is 3.45. The van der Waals surface area contributed by atoms with Gasteiger partial charge in [0.05, 0.1) is 30.2 Å². The first-order valence-corrected chi connectivity index (χ1v) is 10.4. The molecule has 5 rings (SSSR count). The zero-order valence-corrected chi connectivity index (χ0v) is 17.3. The Balaban J connectivity index is 1.49. The third-order valence-electron chi connectivity index (χ3n) is 6.03. The number of nitrogens with zero attached hydrogens (tertiary/aromatic N) is 3. The maximum atomic E-state index is 9.92. The van der Waals surface area contributed by atoms with E-state index in [1.54, 1.807) is 6.20 Å². The average Bonchev–Trinajstić information content (AvgIpc) is 3.16. The summed E-state index contributed by atoms with van der Waals surface area (Å²) in [5.41, 5.74) is 5.47. The van der Waals surface area contributed by atoms with Gasteiger partial charge in [0.15, 0.2) is 0 Å². The lowest BCUT2D eigenvalue weighted by atomic mass is 9.83. The van der Waals surface area contributed by atoms with E-state index in [0.29, 0.717) is 23.8 Å². The van der Waals surface area contributed by atoms with Gasteiger partial charge in [0, 0.05) is 29.4 Å². The van der Waals surface area contributed by atoms with Crippen molar-refractivity contribution < 1.29 is 9.84 Å². The number of aryl methyl sites for hydroxylation is 1. The number of nitrogens with one attached hydrogen (secondary N) is 2. The Labute approximate surface area is 180 Å². The fourth-order valence-corrected chi connectivity index (χ4v) is 4.21. The standard InChI is InChI=1S/C24H23N5O2/c1-24(14-30)13-27-22-17(12-25)9-16(11-19(22)24)20-6-7-26-23(29-20)28-18-4-5-21-15(10-18)3-2-8-31-21/h4-7,9-11,27,30H,2-3,8,13-14H2,1H3,(H,26,28,29). The highest BCUT2D eigenvalue weighted by Crippen LogP contribution is 2.41. The lowest BCUT2D eigenvalue weighted by Crippen LogP contribution is -2.28. The molecule has 2 aromatic carbocycles. The Morgan fingerprint density at radius 2 is 2.19 bits per heavy atom. The van der Waals surface area contributed by atoms with Gasteiger partial charge < -0.3 is 20.5 Å². The highest BCUT2D eigenvalue weighted by Gasteiger charge is 2.35. The van der Waals surface area contributed by atoms with E-state index in [2.05, 4.69) is 32.7 Å². The van der Waals surface area contributed by atoms with Gasteiger partial charge >= 0.3 is 0 Å². The van der Waals surface area contributed by atoms with Gasteiger partial charge in [-0.15, -0.1) is 0 Å². The maximum Gasteiger partial charge on any atom is 0.227 e. The molecule has 7 nitrogen and oxygen atoms in total. The van der Waals surface area contributed by atoms with Crippen LogP contribution in [0.2, 0.25) is 0 Å². The van der Waals surface area contributed by atoms with Crippen LogP contribution in [0.1, 0.15) is 30.0 Å². The normalized spacial score (nSPS) is 18.9. The Morgan fingerprint density at radius 1 is 1.29 bits per heavy atom. The number of nitriles is 1. The van der Waals surface area contributed by atoms with E-state index >= 15 is 0 Å². The van der Waals surface area contributed by atoms with E-state index in [9.17, 15) is 10.4 Å². The quantitative estimate of drug-likeness (QED) is 0.598. The summed E-state index contributed by atoms with van der Waals surface area (Å²) < 4.78 is 5.68. The second-order valence-corrected chi connectivity index (χ2v) is 8.30. The molecule has 2 aliphatic rings. The molecule has 0 aliphatic carbocycles. The molecule has 1 atom stereocenters. The topological polar surface area (TPSA) is 103 Å². The summed E-state index contributed by atoms with van der Waals surface area (Å²) in [6.07, 6.45) is 3.72. The summed E-state index contributed by atoms with van der Waals surface area (Å²) in [6, 6.07) is 13.9. The summed E-state index contributed by atoms with van der Waals surface area (Å²) in [5, 5.41) is 26.1. The predicted octanol–water partition coefficient (Wildman–Crippen LogP) is 3.76. The van der Waals surface area contributed by atoms with Gasteiger partial charge in [0.25, 0.3) is 0 Å². The summed E-state index contributed by atoms with van der Waals surface area (Å²) >= 11 is 0. The molecule has 3 N–H and O–H groups in total. The molecule has 0 saturated carbocycles. The van der Waals surface area contributed by atoms with Crippen LogP contribution >= 0.6 is 0 Å². The average molecular weight is 413 g/mol. The monoisotopic (exact) mass is 413 g/mol. The van der Waals surface area contributed by atoms with Gasteiger partial charge in [-0.3, -0.25) is 0 Å². The second kappa shape index (κ2) is 7.56. The lowest BCUT2D eigenvalue weighted by molar-refractivity contribution is 0.219. The molecule has 0 saturated heterocycles. The van der Waals surface area contributed by atoms with Crippen molar-refractivity contribution in [2.45, 2.75) is 25.2 Å². The van der Waals surface area contributed by atoms with Crippen LogP contribution in [0.4, 0.5) is 17.3 Å². The lowest BCUT2D eigenvalue weighted by Gasteiger charge is -2.21. The number of hydrogen-bond donors (Lipinski definition) is 3. The van der Waals surface area contributed by atoms with Crippen LogP contribution < -0.4 is 15.4 Å². The Kier molecular flexibility index (Phi) is 4.72. The summed E-state index contributed by atoms with van der Waals surface area (Å²) in [5.74, 6) is 1.42. The van der Waals surface area contributed by atoms with Crippen LogP contribution in [-0.4, -0.2) is 34.8 Å². The van der Waals surface area contributed by atoms with Crippen LogP contribution in [0.15, 0.2) is 42.6 Å². The van der Waals surface area contributed by atoms with Crippen molar-refractivity contribution in [3.63, 3.8) is 0 Å². The summed E-state index contributed by atoms with van der Waals surface area (Å²) in [4.78, 5) is 9.04. The summed E-state index contributed by atoms with van der Waals surface area (Å²) in [7, 11) is 0. The molecule has 3 heterocycles. The number of rotatable bonds is 4. The number of hydrogen-bond acceptors (Lipinski definition) is 7. The van der Waals surface area contributed by atoms with Crippen LogP contribution in [-0.2, 0) is 11.8 Å². The molecule has 1 aromatic heterocycles. The molecule has 1 unspecified atom stereocenters. The van der Waals surface area contributed by atoms with E-state index in [1.165, 1.54) is 5.56 Å². The first kappa shape index (κ1) is 19.3. The van der Waals surface area contributed by atoms with Gasteiger partial charge in [0.1, 0.15) is 11.8 Å². The van der Waals surface area contributed by atoms with Crippen molar-refractivity contribution >= 4 is 17.3 Å². The van der Waals surface area contributed by atoms with Crippen molar-refractivity contribution in [2.75, 3.05) is 30.4 Å². The molecule has 0 spiro atoms. The number of benzene rings is 2. The fraction of sp³-hybridized carbons (Fsp3) is 0.292. The second-order valence-electron chi connectivity index (χ2n) is 8.30. The van der Waals surface area contributed by atoms with Gasteiger partial charge in [-0.2, -0.15) is 5.26 Å². The van der Waals surface area contributed by atoms with Crippen LogP contribution in [0, 0.1) is 11.3 Å². The molecular weight excluding hydrogens is 390 g/mol. The first-order valence-electron chi connectivity index (χ1n) is 10.4. The highest BCUT2D eigenvalue weighted by atomic mass is 16.5. The minimum absolute atomic E-state index is 0.0000553. The van der Waals surface area contributed by atoms with E-state index < -0.39 is 5.41 Å². The molecule has 3 aromatic rings. The van der Waals surface area contributed by atoms with E-state index in [4.69, 9.17) is 4.74 Å². The number of aromatic nitrogens is 2. The number of ether oxygens (including phenoxy) is 1. The Hall–Kier alpha value is -3.63. The number of anilines is 3. The molecule has 0 radical (unpaired) electrons. The Morgan fingerprint density at radius 3 is 3.03 bits per heavy atom. The zero-order chi connectivity index (χ0) is 21.4. The van der Waals surface area contributed by atoms with Crippen molar-refractivity contribution in [3.05, 3.63) is 59.3 Å². The van der Waals surface area contributed by atoms with Crippen molar-refractivity contribution in [1.82, 2.24) is 9.97 Å². The number of aliphatic hydroxyl groups is 1. The third-order valence-corrected chi connectivity index (χ3v) is 6.03. The van der Waals surface area contributed by atoms with E-state index in [-0.39, 0.29) is 6.61 Å². The molecule has 0 bridgehead atoms. The highest BCUT2D eigenvalue weighted by molar-refractivity contribution is 5.76. The molecular formula is C24H23N5O2. The Bertz CT molecular complexity index is 1200. The zero-order valence-electron chi connectivity index (χ0n) is 17.3. The first-order chi connectivity index (χ1) is 15.1. The molecule has 156 valence electrons. The van der Waals surface area contributed by atoms with E-state index in [1.807, 2.05) is 37.3 Å². The van der Waals surface area contributed by atoms with E-state index in [0.717, 1.165) is 47.7 Å². The van der Waals surface area contributed by atoms with Crippen molar-refractivity contribution in [2.24, 2.45) is 0 Å². The summed E-state index contributed by atoms with van der Waals surface area (Å²) in [6.45, 7) is 3.35. The molecule has 0 amide bonds. The number of aliphatic hydroxyl groups excluding tert-OH is 1.